The van der Waals surface area contributed by atoms with Crippen LogP contribution in [0.1, 0.15) is 11.7 Å². The van der Waals surface area contributed by atoms with Crippen LogP contribution in [0.15, 0.2) is 18.2 Å². The van der Waals surface area contributed by atoms with Gasteiger partial charge in [0, 0.05) is 4.92 Å². The van der Waals surface area contributed by atoms with E-state index in [0.717, 1.165) is 0 Å². The molecule has 0 aromatic heterocycles. The molecule has 0 unspecified atom stereocenters. The second-order valence-corrected chi connectivity index (χ2v) is 2.96. The van der Waals surface area contributed by atoms with Crippen LogP contribution >= 0.6 is 0 Å². The third-order valence-corrected chi connectivity index (χ3v) is 1.91. The van der Waals surface area contributed by atoms with Crippen LogP contribution in [-0.4, -0.2) is 28.8 Å². The Morgan fingerprint density at radius 2 is 2.27 bits per heavy atom. The predicted octanol–water partition coefficient (Wildman–Crippen LogP) is 0.711. The Balaban J connectivity index is 2.90. The Morgan fingerprint density at radius 3 is 2.80 bits per heavy atom. The average Bonchev–Trinajstić information content (AvgIpc) is 2.17. The number of phenolic OH excluding ortho intramolecular Hbond substituents is 1. The molecule has 15 heavy (non-hydrogen) atoms. The fourth-order valence-corrected chi connectivity index (χ4v) is 1.15. The molecule has 1 aromatic rings. The van der Waals surface area contributed by atoms with Gasteiger partial charge in [0.1, 0.15) is 6.10 Å². The highest BCUT2D eigenvalue weighted by atomic mass is 16.6. The lowest BCUT2D eigenvalue weighted by Gasteiger charge is -2.09. The van der Waals surface area contributed by atoms with E-state index >= 15 is 0 Å². The number of ether oxygens (including phenoxy) is 1. The highest BCUT2D eigenvalue weighted by Gasteiger charge is 2.15. The van der Waals surface area contributed by atoms with Gasteiger partial charge in [-0.2, -0.15) is 0 Å². The standard InChI is InChI=1S/C9H11NO5/c1-15-9-4-6(2-3-7(9)11)8(12)5-10(13)14/h2-4,8,11-12H,5H2,1H3/t8-/m0/s1. The Kier molecular flexibility index (Phi) is 3.46. The number of hydrogen-bond acceptors (Lipinski definition) is 5. The van der Waals surface area contributed by atoms with Gasteiger partial charge >= 0.3 is 0 Å². The molecular formula is C9H11NO5. The van der Waals surface area contributed by atoms with Crippen molar-refractivity contribution in [2.75, 3.05) is 13.7 Å². The molecule has 0 aliphatic rings. The summed E-state index contributed by atoms with van der Waals surface area (Å²) in [6.07, 6.45) is -1.20. The number of aliphatic hydroxyl groups is 1. The van der Waals surface area contributed by atoms with Crippen molar-refractivity contribution < 1.29 is 19.9 Å². The number of hydrogen-bond donors (Lipinski definition) is 2. The largest absolute Gasteiger partial charge is 0.504 e. The maximum Gasteiger partial charge on any atom is 0.233 e. The molecule has 82 valence electrons. The zero-order valence-corrected chi connectivity index (χ0v) is 8.08. The zero-order chi connectivity index (χ0) is 11.4. The summed E-state index contributed by atoms with van der Waals surface area (Å²) in [5, 5.41) is 28.9. The van der Waals surface area contributed by atoms with E-state index in [0.29, 0.717) is 5.56 Å². The molecule has 0 aliphatic heterocycles. The van der Waals surface area contributed by atoms with Crippen molar-refractivity contribution in [3.05, 3.63) is 33.9 Å². The van der Waals surface area contributed by atoms with E-state index in [2.05, 4.69) is 0 Å². The van der Waals surface area contributed by atoms with Crippen molar-refractivity contribution in [3.63, 3.8) is 0 Å². The summed E-state index contributed by atoms with van der Waals surface area (Å²) in [6.45, 7) is -0.575. The monoisotopic (exact) mass is 213 g/mol. The Hall–Kier alpha value is -1.82. The van der Waals surface area contributed by atoms with Crippen molar-refractivity contribution in [1.82, 2.24) is 0 Å². The highest BCUT2D eigenvalue weighted by Crippen LogP contribution is 2.28. The highest BCUT2D eigenvalue weighted by molar-refractivity contribution is 5.42. The minimum Gasteiger partial charge on any atom is -0.504 e. The molecule has 1 rings (SSSR count). The van der Waals surface area contributed by atoms with Gasteiger partial charge in [0.25, 0.3) is 0 Å². The molecule has 0 saturated carbocycles. The third-order valence-electron chi connectivity index (χ3n) is 1.91. The molecule has 1 atom stereocenters. The van der Waals surface area contributed by atoms with Crippen LogP contribution in [-0.2, 0) is 0 Å². The first-order chi connectivity index (χ1) is 7.04. The van der Waals surface area contributed by atoms with Crippen LogP contribution in [0.2, 0.25) is 0 Å². The van der Waals surface area contributed by atoms with Crippen LogP contribution < -0.4 is 4.74 Å². The molecule has 0 saturated heterocycles. The van der Waals surface area contributed by atoms with Gasteiger partial charge in [-0.05, 0) is 17.7 Å². The normalized spacial score (nSPS) is 12.1. The molecule has 1 aromatic carbocycles. The number of aromatic hydroxyl groups is 1. The molecule has 0 aliphatic carbocycles. The molecular weight excluding hydrogens is 202 g/mol. The second kappa shape index (κ2) is 4.61. The minimum absolute atomic E-state index is 0.0745. The number of nitro groups is 1. The molecule has 6 heteroatoms. The average molecular weight is 213 g/mol. The van der Waals surface area contributed by atoms with Crippen LogP contribution in [0, 0.1) is 10.1 Å². The molecule has 0 spiro atoms. The smallest absolute Gasteiger partial charge is 0.233 e. The first-order valence-electron chi connectivity index (χ1n) is 4.21. The van der Waals surface area contributed by atoms with Crippen LogP contribution in [0.4, 0.5) is 0 Å². The first-order valence-corrected chi connectivity index (χ1v) is 4.21. The number of nitrogens with zero attached hydrogens (tertiary/aromatic N) is 1. The Labute approximate surface area is 85.9 Å². The third kappa shape index (κ3) is 2.81. The summed E-state index contributed by atoms with van der Waals surface area (Å²) >= 11 is 0. The molecule has 0 amide bonds. The lowest BCUT2D eigenvalue weighted by Crippen LogP contribution is -2.11. The molecule has 6 nitrogen and oxygen atoms in total. The van der Waals surface area contributed by atoms with E-state index in [1.165, 1.54) is 25.3 Å². The summed E-state index contributed by atoms with van der Waals surface area (Å²) < 4.78 is 4.81. The first kappa shape index (κ1) is 11.3. The lowest BCUT2D eigenvalue weighted by atomic mass is 10.1. The van der Waals surface area contributed by atoms with Gasteiger partial charge in [-0.15, -0.1) is 0 Å². The van der Waals surface area contributed by atoms with E-state index in [4.69, 9.17) is 4.74 Å². The fraction of sp³-hybridized carbons (Fsp3) is 0.333. The van der Waals surface area contributed by atoms with E-state index in [1.54, 1.807) is 0 Å². The molecule has 0 bridgehead atoms. The van der Waals surface area contributed by atoms with Gasteiger partial charge in [-0.25, -0.2) is 0 Å². The molecule has 0 fully saturated rings. The number of rotatable bonds is 4. The SMILES string of the molecule is COc1cc([C@@H](O)C[N+](=O)[O-])ccc1O. The summed E-state index contributed by atoms with van der Waals surface area (Å²) in [5.41, 5.74) is 0.335. The van der Waals surface area contributed by atoms with Gasteiger partial charge in [0.2, 0.25) is 6.54 Å². The molecule has 0 radical (unpaired) electrons. The lowest BCUT2D eigenvalue weighted by molar-refractivity contribution is -0.491. The van der Waals surface area contributed by atoms with Gasteiger partial charge in [-0.3, -0.25) is 10.1 Å². The summed E-state index contributed by atoms with van der Waals surface area (Å²) in [4.78, 5) is 9.56. The maximum atomic E-state index is 10.2. The number of aliphatic hydroxyl groups excluding tert-OH is 1. The summed E-state index contributed by atoms with van der Waals surface area (Å²) in [7, 11) is 1.36. The van der Waals surface area contributed by atoms with E-state index in [9.17, 15) is 20.3 Å². The number of benzene rings is 1. The molecule has 2 N–H and O–H groups in total. The second-order valence-electron chi connectivity index (χ2n) is 2.96. The predicted molar refractivity (Wildman–Crippen MR) is 51.5 cm³/mol. The van der Waals surface area contributed by atoms with Crippen LogP contribution in [0.25, 0.3) is 0 Å². The summed E-state index contributed by atoms with van der Waals surface area (Å²) in [6, 6.07) is 4.09. The van der Waals surface area contributed by atoms with Gasteiger partial charge < -0.3 is 14.9 Å². The van der Waals surface area contributed by atoms with Crippen LogP contribution in [0.3, 0.4) is 0 Å². The molecule has 0 heterocycles. The van der Waals surface area contributed by atoms with Gasteiger partial charge in [-0.1, -0.05) is 6.07 Å². The quantitative estimate of drug-likeness (QED) is 0.567. The van der Waals surface area contributed by atoms with E-state index in [1.807, 2.05) is 0 Å². The van der Waals surface area contributed by atoms with Crippen molar-refractivity contribution in [2.24, 2.45) is 0 Å². The number of methoxy groups -OCH3 is 1. The Morgan fingerprint density at radius 1 is 1.60 bits per heavy atom. The van der Waals surface area contributed by atoms with Crippen LogP contribution in [0.5, 0.6) is 11.5 Å². The topological polar surface area (TPSA) is 92.8 Å². The maximum absolute atomic E-state index is 10.2. The van der Waals surface area contributed by atoms with Gasteiger partial charge in [0.15, 0.2) is 11.5 Å². The van der Waals surface area contributed by atoms with Crippen molar-refractivity contribution in [3.8, 4) is 11.5 Å². The Bertz CT molecular complexity index is 366. The van der Waals surface area contributed by atoms with Crippen molar-refractivity contribution in [2.45, 2.75) is 6.10 Å². The van der Waals surface area contributed by atoms with E-state index in [-0.39, 0.29) is 11.5 Å². The number of phenols is 1. The fourth-order valence-electron chi connectivity index (χ4n) is 1.15. The van der Waals surface area contributed by atoms with Gasteiger partial charge in [0.05, 0.1) is 7.11 Å². The summed E-state index contributed by atoms with van der Waals surface area (Å²) in [5.74, 6) is 0.101. The van der Waals surface area contributed by atoms with Crippen molar-refractivity contribution >= 4 is 0 Å². The van der Waals surface area contributed by atoms with Crippen molar-refractivity contribution in [1.29, 1.82) is 0 Å². The van der Waals surface area contributed by atoms with E-state index < -0.39 is 17.6 Å². The minimum atomic E-state index is -1.20. The zero-order valence-electron chi connectivity index (χ0n) is 8.08.